The first-order chi connectivity index (χ1) is 15.5. The maximum absolute atomic E-state index is 12.3. The number of rotatable bonds is 14. The minimum absolute atomic E-state index is 0.00517. The lowest BCUT2D eigenvalue weighted by Crippen LogP contribution is -2.54. The molecule has 3 unspecified atom stereocenters. The lowest BCUT2D eigenvalue weighted by Gasteiger charge is -2.20. The molecule has 1 aromatic carbocycles. The first-order valence-corrected chi connectivity index (χ1v) is 11.3. The van der Waals surface area contributed by atoms with Gasteiger partial charge in [0, 0.05) is 6.42 Å². The molecule has 0 fully saturated rings. The zero-order chi connectivity index (χ0) is 25.0. The number of hydrogen-bond donors (Lipinski definition) is 7. The molecular formula is C20H28N4O8S. The van der Waals surface area contributed by atoms with Gasteiger partial charge in [0.25, 0.3) is 0 Å². The van der Waals surface area contributed by atoms with Crippen molar-refractivity contribution in [3.63, 3.8) is 0 Å². The Bertz CT molecular complexity index is 849. The van der Waals surface area contributed by atoms with Crippen LogP contribution < -0.4 is 21.7 Å². The van der Waals surface area contributed by atoms with Crippen LogP contribution in [-0.2, 0) is 30.4 Å². The molecule has 0 aromatic heterocycles. The van der Waals surface area contributed by atoms with E-state index in [1.807, 2.05) is 6.26 Å². The second-order valence-corrected chi connectivity index (χ2v) is 8.08. The number of carboxylic acid groups (broad SMARTS) is 2. The van der Waals surface area contributed by atoms with Crippen LogP contribution in [0, 0.1) is 0 Å². The van der Waals surface area contributed by atoms with Crippen LogP contribution in [0.4, 0.5) is 0 Å². The predicted molar refractivity (Wildman–Crippen MR) is 120 cm³/mol. The van der Waals surface area contributed by atoms with Gasteiger partial charge in [-0.3, -0.25) is 19.2 Å². The molecule has 0 saturated carbocycles. The van der Waals surface area contributed by atoms with E-state index in [1.54, 1.807) is 0 Å². The number of aromatic hydroxyl groups is 1. The first-order valence-electron chi connectivity index (χ1n) is 9.88. The number of nitrogens with two attached hydrogens (primary N) is 1. The number of benzene rings is 1. The highest BCUT2D eigenvalue weighted by molar-refractivity contribution is 7.98. The summed E-state index contributed by atoms with van der Waals surface area (Å²) in [5.41, 5.74) is 6.27. The largest absolute Gasteiger partial charge is 0.508 e. The van der Waals surface area contributed by atoms with Crippen LogP contribution >= 0.6 is 11.8 Å². The minimum atomic E-state index is -1.46. The minimum Gasteiger partial charge on any atom is -0.508 e. The number of nitrogens with one attached hydrogen (secondary N) is 3. The molecule has 1 aromatic rings. The average molecular weight is 485 g/mol. The third-order valence-electron chi connectivity index (χ3n) is 4.41. The van der Waals surface area contributed by atoms with Crippen molar-refractivity contribution in [2.75, 3.05) is 18.6 Å². The van der Waals surface area contributed by atoms with E-state index in [-0.39, 0.29) is 12.2 Å². The summed E-state index contributed by atoms with van der Waals surface area (Å²) < 4.78 is 0. The molecule has 0 bridgehead atoms. The van der Waals surface area contributed by atoms with Crippen molar-refractivity contribution in [2.45, 2.75) is 37.4 Å². The highest BCUT2D eigenvalue weighted by Crippen LogP contribution is 2.11. The molecule has 0 aliphatic rings. The third kappa shape index (κ3) is 10.7. The zero-order valence-corrected chi connectivity index (χ0v) is 18.8. The van der Waals surface area contributed by atoms with Crippen molar-refractivity contribution in [1.29, 1.82) is 0 Å². The fraction of sp³-hybridized carbons (Fsp3) is 0.450. The molecule has 0 aliphatic heterocycles. The molecule has 12 nitrogen and oxygen atoms in total. The summed E-state index contributed by atoms with van der Waals surface area (Å²) in [7, 11) is 0. The predicted octanol–water partition coefficient (Wildman–Crippen LogP) is -1.34. The number of aliphatic carboxylic acids is 2. The van der Waals surface area contributed by atoms with E-state index >= 15 is 0 Å². The molecule has 0 spiro atoms. The van der Waals surface area contributed by atoms with Gasteiger partial charge in [-0.15, -0.1) is 0 Å². The second-order valence-electron chi connectivity index (χ2n) is 7.09. The summed E-state index contributed by atoms with van der Waals surface area (Å²) in [5, 5.41) is 34.4. The van der Waals surface area contributed by atoms with Gasteiger partial charge in [0.15, 0.2) is 0 Å². The fourth-order valence-corrected chi connectivity index (χ4v) is 3.13. The van der Waals surface area contributed by atoms with Gasteiger partial charge >= 0.3 is 11.9 Å². The van der Waals surface area contributed by atoms with E-state index in [0.717, 1.165) is 0 Å². The summed E-state index contributed by atoms with van der Waals surface area (Å²) in [6, 6.07) is 2.06. The van der Waals surface area contributed by atoms with Crippen LogP contribution in [0.1, 0.15) is 18.4 Å². The van der Waals surface area contributed by atoms with Gasteiger partial charge in [-0.2, -0.15) is 11.8 Å². The number of phenols is 1. The lowest BCUT2D eigenvalue weighted by molar-refractivity contribution is -0.142. The molecular weight excluding hydrogens is 456 g/mol. The number of thioether (sulfide) groups is 1. The van der Waals surface area contributed by atoms with Crippen LogP contribution in [-0.4, -0.2) is 81.7 Å². The molecule has 0 aliphatic carbocycles. The Labute approximate surface area is 194 Å². The van der Waals surface area contributed by atoms with E-state index in [0.29, 0.717) is 17.7 Å². The Morgan fingerprint density at radius 1 is 1.00 bits per heavy atom. The number of carbonyl (C=O) groups is 5. The van der Waals surface area contributed by atoms with Crippen LogP contribution in [0.15, 0.2) is 24.3 Å². The number of carboxylic acids is 2. The molecule has 13 heteroatoms. The number of hydrogen-bond acceptors (Lipinski definition) is 8. The Morgan fingerprint density at radius 2 is 1.64 bits per heavy atom. The van der Waals surface area contributed by atoms with Crippen LogP contribution in [0.2, 0.25) is 0 Å². The van der Waals surface area contributed by atoms with Gasteiger partial charge < -0.3 is 37.0 Å². The fourth-order valence-electron chi connectivity index (χ4n) is 2.64. The van der Waals surface area contributed by atoms with Crippen molar-refractivity contribution >= 4 is 41.4 Å². The molecule has 0 saturated heterocycles. The highest BCUT2D eigenvalue weighted by atomic mass is 32.2. The van der Waals surface area contributed by atoms with E-state index < -0.39 is 60.8 Å². The van der Waals surface area contributed by atoms with E-state index in [4.69, 9.17) is 10.8 Å². The van der Waals surface area contributed by atoms with Crippen LogP contribution in [0.25, 0.3) is 0 Å². The molecule has 3 amide bonds. The highest BCUT2D eigenvalue weighted by Gasteiger charge is 2.27. The monoisotopic (exact) mass is 484 g/mol. The topological polar surface area (TPSA) is 208 Å². The van der Waals surface area contributed by atoms with Gasteiger partial charge in [0.1, 0.15) is 17.8 Å². The summed E-state index contributed by atoms with van der Waals surface area (Å²) in [6.07, 6.45) is 1.36. The Balaban J connectivity index is 2.67. The van der Waals surface area contributed by atoms with Gasteiger partial charge in [-0.1, -0.05) is 12.1 Å². The van der Waals surface area contributed by atoms with Crippen LogP contribution in [0.5, 0.6) is 5.75 Å². The normalized spacial score (nSPS) is 13.3. The van der Waals surface area contributed by atoms with Gasteiger partial charge in [-0.05, 0) is 36.1 Å². The molecule has 182 valence electrons. The lowest BCUT2D eigenvalue weighted by atomic mass is 10.1. The van der Waals surface area contributed by atoms with Crippen molar-refractivity contribution in [3.05, 3.63) is 29.8 Å². The maximum Gasteiger partial charge on any atom is 0.326 e. The molecule has 33 heavy (non-hydrogen) atoms. The van der Waals surface area contributed by atoms with Gasteiger partial charge in [-0.25, -0.2) is 4.79 Å². The molecule has 0 radical (unpaired) electrons. The summed E-state index contributed by atoms with van der Waals surface area (Å²) in [5.74, 6) is -4.51. The number of phenolic OH excluding ortho intramolecular Hbond substituents is 1. The van der Waals surface area contributed by atoms with Crippen molar-refractivity contribution in [2.24, 2.45) is 5.73 Å². The Kier molecular flexibility index (Phi) is 11.7. The Hall–Kier alpha value is -3.32. The zero-order valence-electron chi connectivity index (χ0n) is 17.9. The molecule has 8 N–H and O–H groups in total. The van der Waals surface area contributed by atoms with Crippen molar-refractivity contribution in [1.82, 2.24) is 16.0 Å². The first kappa shape index (κ1) is 27.7. The van der Waals surface area contributed by atoms with Crippen LogP contribution in [0.3, 0.4) is 0 Å². The molecule has 0 heterocycles. The van der Waals surface area contributed by atoms with E-state index in [1.165, 1.54) is 36.0 Å². The second kappa shape index (κ2) is 14.0. The quantitative estimate of drug-likeness (QED) is 0.165. The van der Waals surface area contributed by atoms with Crippen molar-refractivity contribution in [3.8, 4) is 5.75 Å². The summed E-state index contributed by atoms with van der Waals surface area (Å²) in [6.45, 7) is -0.636. The number of carbonyl (C=O) groups excluding carboxylic acids is 3. The Morgan fingerprint density at radius 3 is 2.18 bits per heavy atom. The molecule has 1 rings (SSSR count). The van der Waals surface area contributed by atoms with Crippen molar-refractivity contribution < 1.29 is 39.3 Å². The van der Waals surface area contributed by atoms with Gasteiger partial charge in [0.05, 0.1) is 19.0 Å². The SMILES string of the molecule is CSCCC(N)C(=O)NC(CC(=O)O)C(=O)NCC(=O)NC(Cc1ccc(O)cc1)C(=O)O. The molecule has 3 atom stereocenters. The average Bonchev–Trinajstić information content (AvgIpc) is 2.75. The van der Waals surface area contributed by atoms with Gasteiger partial charge in [0.2, 0.25) is 17.7 Å². The maximum atomic E-state index is 12.3. The standard InChI is InChI=1S/C20H28N4O8S/c1-33-7-6-13(21)18(29)24-14(9-17(27)28)19(30)22-10-16(26)23-15(20(31)32)8-11-2-4-12(25)5-3-11/h2-5,13-15,25H,6-10,21H2,1H3,(H,22,30)(H,23,26)(H,24,29)(H,27,28)(H,31,32). The van der Waals surface area contributed by atoms with E-state index in [9.17, 15) is 34.2 Å². The number of amides is 3. The van der Waals surface area contributed by atoms with E-state index in [2.05, 4.69) is 16.0 Å². The third-order valence-corrected chi connectivity index (χ3v) is 5.06. The summed E-state index contributed by atoms with van der Waals surface area (Å²) in [4.78, 5) is 59.1. The summed E-state index contributed by atoms with van der Waals surface area (Å²) >= 11 is 1.47. The smallest absolute Gasteiger partial charge is 0.326 e.